The highest BCUT2D eigenvalue weighted by Crippen LogP contribution is 2.41. The zero-order valence-electron chi connectivity index (χ0n) is 12.4. The number of hydrogen-bond acceptors (Lipinski definition) is 5. The van der Waals surface area contributed by atoms with Crippen LogP contribution < -0.4 is 9.88 Å². The van der Waals surface area contributed by atoms with Crippen molar-refractivity contribution in [3.05, 3.63) is 29.8 Å². The van der Waals surface area contributed by atoms with Gasteiger partial charge in [0, 0.05) is 19.3 Å². The summed E-state index contributed by atoms with van der Waals surface area (Å²) in [5.41, 5.74) is 1.08. The summed E-state index contributed by atoms with van der Waals surface area (Å²) >= 11 is 0. The molecule has 1 aliphatic carbocycles. The summed E-state index contributed by atoms with van der Waals surface area (Å²) in [4.78, 5) is 0. The molecule has 1 aromatic carbocycles. The lowest BCUT2D eigenvalue weighted by Gasteiger charge is -2.31. The Morgan fingerprint density at radius 2 is 2.00 bits per heavy atom. The minimum absolute atomic E-state index is 0.0156. The maximum absolute atomic E-state index is 10.9. The van der Waals surface area contributed by atoms with Crippen LogP contribution in [0.1, 0.15) is 37.7 Å². The normalized spacial score (nSPS) is 23.8. The van der Waals surface area contributed by atoms with Crippen LogP contribution in [0.2, 0.25) is 0 Å². The maximum Gasteiger partial charge on any atom is 0.333 e. The van der Waals surface area contributed by atoms with Crippen molar-refractivity contribution in [3.8, 4) is 5.75 Å². The first-order valence-corrected chi connectivity index (χ1v) is 9.05. The van der Waals surface area contributed by atoms with Gasteiger partial charge in [0.1, 0.15) is 5.75 Å². The molecule has 3 rings (SSSR count). The average Bonchev–Trinajstić information content (AvgIpc) is 2.80. The van der Waals surface area contributed by atoms with E-state index in [9.17, 15) is 8.42 Å². The quantitative estimate of drug-likeness (QED) is 0.912. The van der Waals surface area contributed by atoms with Crippen LogP contribution in [0, 0.1) is 0 Å². The fraction of sp³-hybridized carbons (Fsp3) is 0.600. The molecule has 7 heteroatoms. The molecule has 1 atom stereocenters. The molecular weight excluding hydrogens is 306 g/mol. The van der Waals surface area contributed by atoms with Gasteiger partial charge in [-0.25, -0.2) is 5.14 Å². The van der Waals surface area contributed by atoms with Gasteiger partial charge in [0.25, 0.3) is 0 Å². The van der Waals surface area contributed by atoms with Crippen molar-refractivity contribution in [1.29, 1.82) is 0 Å². The van der Waals surface area contributed by atoms with Gasteiger partial charge in [-0.05, 0) is 30.9 Å². The smallest absolute Gasteiger partial charge is 0.333 e. The van der Waals surface area contributed by atoms with Crippen LogP contribution in [0.5, 0.6) is 5.75 Å². The third-order valence-electron chi connectivity index (χ3n) is 4.15. The standard InChI is InChI=1S/C15H21NO5S/c16-22(17,18)19-10-7-13-11-12-5-1-2-6-14(12)21-15(20-13)8-3-4-9-15/h1-2,5-6,13H,3-4,7-11H2,(H2,16,17,18). The van der Waals surface area contributed by atoms with Crippen LogP contribution >= 0.6 is 0 Å². The summed E-state index contributed by atoms with van der Waals surface area (Å²) in [7, 11) is -3.91. The second-order valence-corrected chi connectivity index (χ2v) is 7.10. The minimum atomic E-state index is -3.91. The molecular formula is C15H21NO5S. The largest absolute Gasteiger partial charge is 0.462 e. The zero-order valence-corrected chi connectivity index (χ0v) is 13.2. The van der Waals surface area contributed by atoms with Crippen molar-refractivity contribution < 1.29 is 22.1 Å². The molecule has 1 aromatic rings. The van der Waals surface area contributed by atoms with Gasteiger partial charge < -0.3 is 9.47 Å². The van der Waals surface area contributed by atoms with Crippen LogP contribution in [0.3, 0.4) is 0 Å². The Hall–Kier alpha value is -1.15. The van der Waals surface area contributed by atoms with E-state index in [4.69, 9.17) is 14.6 Å². The van der Waals surface area contributed by atoms with Crippen molar-refractivity contribution in [1.82, 2.24) is 0 Å². The van der Waals surface area contributed by atoms with Gasteiger partial charge in [-0.1, -0.05) is 18.2 Å². The molecule has 1 unspecified atom stereocenters. The summed E-state index contributed by atoms with van der Waals surface area (Å²) in [5.74, 6) is 0.276. The lowest BCUT2D eigenvalue weighted by atomic mass is 10.1. The number of benzene rings is 1. The molecule has 122 valence electrons. The fourth-order valence-corrected chi connectivity index (χ4v) is 3.51. The van der Waals surface area contributed by atoms with Gasteiger partial charge in [-0.15, -0.1) is 0 Å². The second kappa shape index (κ2) is 6.16. The third kappa shape index (κ3) is 3.78. The van der Waals surface area contributed by atoms with E-state index in [1.54, 1.807) is 0 Å². The molecule has 1 spiro atoms. The molecule has 2 aliphatic rings. The number of nitrogens with two attached hydrogens (primary N) is 1. The van der Waals surface area contributed by atoms with E-state index in [0.29, 0.717) is 12.8 Å². The maximum atomic E-state index is 10.9. The van der Waals surface area contributed by atoms with E-state index < -0.39 is 16.1 Å². The highest BCUT2D eigenvalue weighted by atomic mass is 32.2. The molecule has 2 N–H and O–H groups in total. The molecule has 1 saturated carbocycles. The Bertz CT molecular complexity index is 625. The van der Waals surface area contributed by atoms with E-state index in [0.717, 1.165) is 37.0 Å². The molecule has 0 radical (unpaired) electrons. The van der Waals surface area contributed by atoms with Crippen LogP contribution in [0.15, 0.2) is 24.3 Å². The van der Waals surface area contributed by atoms with Crippen molar-refractivity contribution in [2.45, 2.75) is 50.4 Å². The van der Waals surface area contributed by atoms with Crippen LogP contribution in [-0.2, 0) is 25.6 Å². The van der Waals surface area contributed by atoms with E-state index in [2.05, 4.69) is 4.18 Å². The Labute approximate surface area is 130 Å². The lowest BCUT2D eigenvalue weighted by Crippen LogP contribution is -2.39. The van der Waals surface area contributed by atoms with E-state index in [1.165, 1.54) is 0 Å². The predicted octanol–water partition coefficient (Wildman–Crippen LogP) is 1.89. The molecule has 1 aliphatic heterocycles. The highest BCUT2D eigenvalue weighted by molar-refractivity contribution is 7.84. The minimum Gasteiger partial charge on any atom is -0.462 e. The zero-order chi connectivity index (χ0) is 15.6. The highest BCUT2D eigenvalue weighted by Gasteiger charge is 2.41. The molecule has 0 saturated heterocycles. The second-order valence-electron chi connectivity index (χ2n) is 5.88. The molecule has 1 heterocycles. The van der Waals surface area contributed by atoms with Gasteiger partial charge in [-0.2, -0.15) is 8.42 Å². The van der Waals surface area contributed by atoms with E-state index >= 15 is 0 Å². The number of hydrogen-bond donors (Lipinski definition) is 1. The molecule has 0 amide bonds. The van der Waals surface area contributed by atoms with E-state index in [-0.39, 0.29) is 12.7 Å². The van der Waals surface area contributed by atoms with Gasteiger partial charge in [0.15, 0.2) is 0 Å². The molecule has 6 nitrogen and oxygen atoms in total. The van der Waals surface area contributed by atoms with Gasteiger partial charge in [-0.3, -0.25) is 4.18 Å². The average molecular weight is 327 g/mol. The van der Waals surface area contributed by atoms with Crippen LogP contribution in [-0.4, -0.2) is 26.9 Å². The number of fused-ring (bicyclic) bond motifs is 1. The monoisotopic (exact) mass is 327 g/mol. The van der Waals surface area contributed by atoms with Gasteiger partial charge in [0.2, 0.25) is 5.79 Å². The summed E-state index contributed by atoms with van der Waals surface area (Å²) in [6, 6.07) is 7.89. The number of para-hydroxylation sites is 1. The number of rotatable bonds is 4. The van der Waals surface area contributed by atoms with Crippen molar-refractivity contribution in [2.24, 2.45) is 5.14 Å². The predicted molar refractivity (Wildman–Crippen MR) is 80.5 cm³/mol. The van der Waals surface area contributed by atoms with Gasteiger partial charge >= 0.3 is 10.3 Å². The fourth-order valence-electron chi connectivity index (χ4n) is 3.18. The molecule has 0 aromatic heterocycles. The first-order chi connectivity index (χ1) is 10.5. The molecule has 22 heavy (non-hydrogen) atoms. The van der Waals surface area contributed by atoms with Crippen molar-refractivity contribution in [3.63, 3.8) is 0 Å². The van der Waals surface area contributed by atoms with Crippen molar-refractivity contribution in [2.75, 3.05) is 6.61 Å². The summed E-state index contributed by atoms with van der Waals surface area (Å²) < 4.78 is 38.8. The summed E-state index contributed by atoms with van der Waals surface area (Å²) in [6.45, 7) is 0.0156. The number of ether oxygens (including phenoxy) is 2. The van der Waals surface area contributed by atoms with Gasteiger partial charge in [0.05, 0.1) is 12.7 Å². The molecule has 0 bridgehead atoms. The van der Waals surface area contributed by atoms with Crippen LogP contribution in [0.4, 0.5) is 0 Å². The Balaban J connectivity index is 1.76. The SMILES string of the molecule is NS(=O)(=O)OCCC1Cc2ccccc2OC2(CCCC2)O1. The topological polar surface area (TPSA) is 87.9 Å². The first-order valence-electron chi connectivity index (χ1n) is 7.58. The summed E-state index contributed by atoms with van der Waals surface area (Å²) in [5, 5.41) is 4.86. The Kier molecular flexibility index (Phi) is 4.40. The lowest BCUT2D eigenvalue weighted by molar-refractivity contribution is -0.202. The third-order valence-corrected chi connectivity index (χ3v) is 4.65. The van der Waals surface area contributed by atoms with E-state index in [1.807, 2.05) is 24.3 Å². The van der Waals surface area contributed by atoms with Crippen LogP contribution in [0.25, 0.3) is 0 Å². The first kappa shape index (κ1) is 15.7. The summed E-state index contributed by atoms with van der Waals surface area (Å²) in [6.07, 6.45) is 4.83. The Morgan fingerprint density at radius 3 is 2.73 bits per heavy atom. The molecule has 1 fully saturated rings. The Morgan fingerprint density at radius 1 is 1.27 bits per heavy atom. The van der Waals surface area contributed by atoms with Crippen molar-refractivity contribution >= 4 is 10.3 Å².